The first-order valence-electron chi connectivity index (χ1n) is 10.7. The summed E-state index contributed by atoms with van der Waals surface area (Å²) in [6.45, 7) is 10.1. The summed E-state index contributed by atoms with van der Waals surface area (Å²) in [6.07, 6.45) is 6.00. The number of hydrogen-bond acceptors (Lipinski definition) is 6. The summed E-state index contributed by atoms with van der Waals surface area (Å²) >= 11 is 0. The number of benzene rings is 2. The Labute approximate surface area is 190 Å². The van der Waals surface area contributed by atoms with Crippen molar-refractivity contribution >= 4 is 0 Å². The molecule has 4 rings (SSSR count). The number of rotatable bonds is 12. The maximum atomic E-state index is 5.65. The number of methoxy groups -OCH3 is 2. The van der Waals surface area contributed by atoms with Crippen molar-refractivity contribution in [3.63, 3.8) is 0 Å². The largest absolute Gasteiger partial charge is 0.493 e. The zero-order valence-electron chi connectivity index (χ0n) is 18.9. The van der Waals surface area contributed by atoms with E-state index in [4.69, 9.17) is 28.4 Å². The van der Waals surface area contributed by atoms with Crippen molar-refractivity contribution in [3.05, 3.63) is 72.8 Å². The van der Waals surface area contributed by atoms with E-state index in [0.29, 0.717) is 19.3 Å². The lowest BCUT2D eigenvalue weighted by Gasteiger charge is -2.11. The van der Waals surface area contributed by atoms with Crippen LogP contribution in [0.2, 0.25) is 0 Å². The van der Waals surface area contributed by atoms with E-state index in [-0.39, 0.29) is 6.10 Å². The number of hydrogen-bond donors (Lipinski definition) is 0. The average molecular weight is 441 g/mol. The Kier molecular flexibility index (Phi) is 9.01. The lowest BCUT2D eigenvalue weighted by Crippen LogP contribution is -2.05. The molecule has 2 aliphatic rings. The van der Waals surface area contributed by atoms with Gasteiger partial charge in [0.2, 0.25) is 0 Å². The van der Waals surface area contributed by atoms with Crippen LogP contribution in [-0.4, -0.2) is 52.9 Å². The highest BCUT2D eigenvalue weighted by atomic mass is 16.6. The summed E-state index contributed by atoms with van der Waals surface area (Å²) in [4.78, 5) is 0. The van der Waals surface area contributed by atoms with Gasteiger partial charge < -0.3 is 28.4 Å². The molecule has 2 atom stereocenters. The van der Waals surface area contributed by atoms with Crippen LogP contribution in [0.4, 0.5) is 0 Å². The van der Waals surface area contributed by atoms with E-state index in [2.05, 4.69) is 19.2 Å². The Morgan fingerprint density at radius 3 is 1.97 bits per heavy atom. The van der Waals surface area contributed by atoms with Crippen LogP contribution in [0.1, 0.15) is 11.1 Å². The summed E-state index contributed by atoms with van der Waals surface area (Å²) in [5.74, 6) is 3.05. The van der Waals surface area contributed by atoms with Crippen molar-refractivity contribution in [2.24, 2.45) is 0 Å². The van der Waals surface area contributed by atoms with E-state index in [1.807, 2.05) is 36.4 Å². The molecule has 172 valence electrons. The maximum absolute atomic E-state index is 5.65. The van der Waals surface area contributed by atoms with Crippen LogP contribution in [0.5, 0.6) is 23.0 Å². The van der Waals surface area contributed by atoms with E-state index in [9.17, 15) is 0 Å². The Morgan fingerprint density at radius 2 is 1.41 bits per heavy atom. The first-order valence-corrected chi connectivity index (χ1v) is 10.7. The lowest BCUT2D eigenvalue weighted by atomic mass is 10.1. The van der Waals surface area contributed by atoms with Crippen molar-refractivity contribution in [2.45, 2.75) is 25.0 Å². The first-order chi connectivity index (χ1) is 15.7. The Hall–Kier alpha value is -2.96. The minimum Gasteiger partial charge on any atom is -0.493 e. The highest BCUT2D eigenvalue weighted by Crippen LogP contribution is 2.30. The van der Waals surface area contributed by atoms with E-state index >= 15 is 0 Å². The molecule has 2 heterocycles. The van der Waals surface area contributed by atoms with Crippen molar-refractivity contribution in [2.75, 3.05) is 40.6 Å². The lowest BCUT2D eigenvalue weighted by molar-refractivity contribution is 0.252. The summed E-state index contributed by atoms with van der Waals surface area (Å²) in [5, 5.41) is 0. The third-order valence-corrected chi connectivity index (χ3v) is 4.89. The van der Waals surface area contributed by atoms with Crippen LogP contribution in [0.15, 0.2) is 61.7 Å². The molecule has 0 bridgehead atoms. The molecule has 2 fully saturated rings. The zero-order chi connectivity index (χ0) is 22.8. The second-order valence-corrected chi connectivity index (χ2v) is 7.49. The fourth-order valence-corrected chi connectivity index (χ4v) is 3.03. The summed E-state index contributed by atoms with van der Waals surface area (Å²) < 4.78 is 32.0. The summed E-state index contributed by atoms with van der Waals surface area (Å²) in [7, 11) is 3.29. The molecule has 0 aliphatic carbocycles. The van der Waals surface area contributed by atoms with Crippen LogP contribution < -0.4 is 18.9 Å². The second-order valence-electron chi connectivity index (χ2n) is 7.49. The van der Waals surface area contributed by atoms with Crippen molar-refractivity contribution in [1.82, 2.24) is 0 Å². The molecule has 32 heavy (non-hydrogen) atoms. The molecule has 2 unspecified atom stereocenters. The predicted octanol–water partition coefficient (Wildman–Crippen LogP) is 4.40. The van der Waals surface area contributed by atoms with Gasteiger partial charge in [0, 0.05) is 6.42 Å². The average Bonchev–Trinajstić information content (AvgIpc) is 3.74. The molecule has 0 saturated carbocycles. The van der Waals surface area contributed by atoms with Crippen molar-refractivity contribution in [3.8, 4) is 23.0 Å². The zero-order valence-corrected chi connectivity index (χ0v) is 18.9. The van der Waals surface area contributed by atoms with Crippen molar-refractivity contribution < 1.29 is 28.4 Å². The first kappa shape index (κ1) is 23.7. The van der Waals surface area contributed by atoms with Gasteiger partial charge in [0.05, 0.1) is 33.5 Å². The number of epoxide rings is 2. The monoisotopic (exact) mass is 440 g/mol. The van der Waals surface area contributed by atoms with E-state index in [1.165, 1.54) is 5.56 Å². The maximum Gasteiger partial charge on any atom is 0.161 e. The van der Waals surface area contributed by atoms with Gasteiger partial charge in [0.15, 0.2) is 23.0 Å². The molecule has 0 radical (unpaired) electrons. The minimum absolute atomic E-state index is 0.263. The fourth-order valence-electron chi connectivity index (χ4n) is 3.03. The van der Waals surface area contributed by atoms with E-state index in [0.717, 1.165) is 54.6 Å². The molecule has 0 N–H and O–H groups in total. The standard InChI is InChI=1S/C13H16O4.C13H16O2/c1-14-13-5-9(4-10-6-15-10)2-3-12(13)17-8-11-7-16-11;1-4-6-11-7-8-12(15-9-5-2)13(10-11)14-3/h2-3,5,10-11H,4,6-8H2,1H3;4-5,7-8,10H,1-2,6,9H2,3H3. The fraction of sp³-hybridized carbons (Fsp3) is 0.385. The van der Waals surface area contributed by atoms with Gasteiger partial charge in [-0.15, -0.1) is 6.58 Å². The molecule has 0 aromatic heterocycles. The number of ether oxygens (including phenoxy) is 6. The molecule has 0 amide bonds. The Balaban J connectivity index is 0.000000183. The van der Waals surface area contributed by atoms with E-state index < -0.39 is 0 Å². The van der Waals surface area contributed by atoms with Crippen LogP contribution in [0.25, 0.3) is 0 Å². The SMILES string of the molecule is C=CCOc1ccc(CC=C)cc1OC.COc1cc(CC2CO2)ccc1OCC1CO1. The molecule has 6 heteroatoms. The van der Waals surface area contributed by atoms with Crippen LogP contribution in [0.3, 0.4) is 0 Å². The smallest absolute Gasteiger partial charge is 0.161 e. The second kappa shape index (κ2) is 12.2. The molecule has 2 aromatic carbocycles. The van der Waals surface area contributed by atoms with Crippen LogP contribution in [-0.2, 0) is 22.3 Å². The topological polar surface area (TPSA) is 62.0 Å². The Bertz CT molecular complexity index is 886. The molecule has 2 aromatic rings. The molecular formula is C26H32O6. The van der Waals surface area contributed by atoms with Gasteiger partial charge in [-0.1, -0.05) is 30.9 Å². The highest BCUT2D eigenvalue weighted by molar-refractivity contribution is 5.44. The third-order valence-electron chi connectivity index (χ3n) is 4.89. The quantitative estimate of drug-likeness (QED) is 0.360. The van der Waals surface area contributed by atoms with Gasteiger partial charge in [-0.05, 0) is 41.8 Å². The highest BCUT2D eigenvalue weighted by Gasteiger charge is 2.25. The predicted molar refractivity (Wildman–Crippen MR) is 124 cm³/mol. The van der Waals surface area contributed by atoms with Gasteiger partial charge in [-0.2, -0.15) is 0 Å². The summed E-state index contributed by atoms with van der Waals surface area (Å²) in [6, 6.07) is 11.9. The van der Waals surface area contributed by atoms with Crippen LogP contribution >= 0.6 is 0 Å². The van der Waals surface area contributed by atoms with Gasteiger partial charge >= 0.3 is 0 Å². The molecule has 2 aliphatic heterocycles. The van der Waals surface area contributed by atoms with Crippen LogP contribution in [0, 0.1) is 0 Å². The number of allylic oxidation sites excluding steroid dienone is 1. The third kappa shape index (κ3) is 7.62. The minimum atomic E-state index is 0.263. The van der Waals surface area contributed by atoms with Gasteiger partial charge in [-0.3, -0.25) is 0 Å². The normalized spacial score (nSPS) is 17.9. The Morgan fingerprint density at radius 1 is 0.812 bits per heavy atom. The molecule has 6 nitrogen and oxygen atoms in total. The molecule has 2 saturated heterocycles. The van der Waals surface area contributed by atoms with Gasteiger partial charge in [0.25, 0.3) is 0 Å². The van der Waals surface area contributed by atoms with Gasteiger partial charge in [-0.25, -0.2) is 0 Å². The van der Waals surface area contributed by atoms with Gasteiger partial charge in [0.1, 0.15) is 19.3 Å². The van der Waals surface area contributed by atoms with Crippen molar-refractivity contribution in [1.29, 1.82) is 0 Å². The molecular weight excluding hydrogens is 408 g/mol. The molecule has 0 spiro atoms. The summed E-state index contributed by atoms with van der Waals surface area (Å²) in [5.41, 5.74) is 2.38. The van der Waals surface area contributed by atoms with E-state index in [1.54, 1.807) is 20.3 Å².